The van der Waals surface area contributed by atoms with Crippen LogP contribution in [-0.2, 0) is 23.1 Å². The van der Waals surface area contributed by atoms with E-state index in [-0.39, 0.29) is 34.5 Å². The Labute approximate surface area is 195 Å². The first-order valence-electron chi connectivity index (χ1n) is 10.5. The average Bonchev–Trinajstić information content (AvgIpc) is 3.28. The van der Waals surface area contributed by atoms with Crippen LogP contribution in [-0.4, -0.2) is 21.6 Å². The second kappa shape index (κ2) is 7.86. The smallest absolute Gasteiger partial charge is 0.417 e. The fraction of sp³-hybridized carbons (Fsp3) is 0.120. The average molecular weight is 483 g/mol. The summed E-state index contributed by atoms with van der Waals surface area (Å²) in [7, 11) is 0. The van der Waals surface area contributed by atoms with Crippen molar-refractivity contribution in [3.05, 3.63) is 89.9 Å². The maximum absolute atomic E-state index is 13.7. The van der Waals surface area contributed by atoms with Gasteiger partial charge in [0.05, 0.1) is 12.1 Å². The van der Waals surface area contributed by atoms with Crippen molar-refractivity contribution < 1.29 is 32.3 Å². The monoisotopic (exact) mass is 483 g/mol. The molecule has 2 heterocycles. The molecule has 6 nitrogen and oxygen atoms in total. The molecule has 1 atom stereocenters. The molecule has 0 bridgehead atoms. The van der Waals surface area contributed by atoms with E-state index in [9.17, 15) is 32.3 Å². The van der Waals surface area contributed by atoms with Gasteiger partial charge in [-0.15, -0.1) is 0 Å². The van der Waals surface area contributed by atoms with Gasteiger partial charge in [-0.2, -0.15) is 13.2 Å². The number of imide groups is 1. The van der Waals surface area contributed by atoms with Crippen LogP contribution in [0.15, 0.2) is 72.9 Å². The second-order valence-electron chi connectivity index (χ2n) is 8.25. The number of nitrogens with zero attached hydrogens (tertiary/aromatic N) is 1. The highest BCUT2D eigenvalue weighted by Gasteiger charge is 2.48. The summed E-state index contributed by atoms with van der Waals surface area (Å²) in [5.74, 6) is -1.56. The Kier molecular flexibility index (Phi) is 5.04. The summed E-state index contributed by atoms with van der Waals surface area (Å²) >= 11 is 0. The van der Waals surface area contributed by atoms with Crippen molar-refractivity contribution in [1.29, 1.82) is 0 Å². The summed E-state index contributed by atoms with van der Waals surface area (Å²) in [6, 6.07) is 14.0. The van der Waals surface area contributed by atoms with E-state index in [0.717, 1.165) is 12.1 Å². The third kappa shape index (κ3) is 3.76. The van der Waals surface area contributed by atoms with Gasteiger partial charge in [-0.25, -0.2) is 9.18 Å². The lowest BCUT2D eigenvalue weighted by molar-refractivity contribution is -0.137. The van der Waals surface area contributed by atoms with E-state index in [1.54, 1.807) is 0 Å². The van der Waals surface area contributed by atoms with Gasteiger partial charge in [-0.05, 0) is 41.0 Å². The summed E-state index contributed by atoms with van der Waals surface area (Å²) in [5.41, 5.74) is -1.93. The molecule has 178 valence electrons. The Hall–Kier alpha value is -4.34. The minimum atomic E-state index is -4.55. The number of urea groups is 1. The van der Waals surface area contributed by atoms with Gasteiger partial charge in [0.25, 0.3) is 5.91 Å². The first-order valence-corrected chi connectivity index (χ1v) is 10.5. The molecular weight excluding hydrogens is 466 g/mol. The molecule has 0 aliphatic carbocycles. The highest BCUT2D eigenvalue weighted by molar-refractivity contribution is 6.07. The van der Waals surface area contributed by atoms with Gasteiger partial charge in [0.1, 0.15) is 5.82 Å². The van der Waals surface area contributed by atoms with Crippen molar-refractivity contribution >= 4 is 22.7 Å². The normalized spacial score (nSPS) is 18.1. The van der Waals surface area contributed by atoms with Crippen LogP contribution >= 0.6 is 0 Å². The number of aromatic nitrogens is 1. The highest BCUT2D eigenvalue weighted by atomic mass is 19.4. The first kappa shape index (κ1) is 22.5. The van der Waals surface area contributed by atoms with E-state index in [0.29, 0.717) is 5.39 Å². The maximum atomic E-state index is 13.7. The molecule has 1 aromatic heterocycles. The summed E-state index contributed by atoms with van der Waals surface area (Å²) in [6.45, 7) is -0.245. The number of hydrogen-bond acceptors (Lipinski definition) is 3. The lowest BCUT2D eigenvalue weighted by Gasteiger charge is -2.27. The SMILES string of the molecule is O=C1NC(=O)[C@@](Cn2cc3ccc(F)cc3c2O)(c2ccc(-c3ccccc3C(F)(F)F)cc2)N1. The van der Waals surface area contributed by atoms with Gasteiger partial charge in [0, 0.05) is 17.0 Å². The van der Waals surface area contributed by atoms with Gasteiger partial charge >= 0.3 is 12.2 Å². The number of nitrogens with one attached hydrogen (secondary N) is 2. The number of rotatable bonds is 4. The van der Waals surface area contributed by atoms with Crippen LogP contribution in [0.25, 0.3) is 21.9 Å². The lowest BCUT2D eigenvalue weighted by Crippen LogP contribution is -2.47. The van der Waals surface area contributed by atoms with Gasteiger partial charge in [-0.3, -0.25) is 10.1 Å². The molecule has 0 saturated carbocycles. The molecule has 3 aromatic carbocycles. The molecule has 3 N–H and O–H groups in total. The van der Waals surface area contributed by atoms with E-state index in [1.807, 2.05) is 0 Å². The largest absolute Gasteiger partial charge is 0.494 e. The van der Waals surface area contributed by atoms with E-state index >= 15 is 0 Å². The molecule has 3 amide bonds. The topological polar surface area (TPSA) is 83.4 Å². The number of alkyl halides is 3. The quantitative estimate of drug-likeness (QED) is 0.285. The Morgan fingerprint density at radius 1 is 0.971 bits per heavy atom. The van der Waals surface area contributed by atoms with E-state index in [2.05, 4.69) is 10.6 Å². The molecule has 1 aliphatic heterocycles. The van der Waals surface area contributed by atoms with Crippen molar-refractivity contribution in [3.8, 4) is 17.0 Å². The van der Waals surface area contributed by atoms with Crippen LogP contribution in [0, 0.1) is 5.82 Å². The molecule has 1 aliphatic rings. The molecular formula is C25H17F4N3O3. The van der Waals surface area contributed by atoms with Crippen molar-refractivity contribution in [2.45, 2.75) is 18.3 Å². The molecule has 35 heavy (non-hydrogen) atoms. The van der Waals surface area contributed by atoms with Crippen molar-refractivity contribution in [1.82, 2.24) is 15.2 Å². The number of aromatic hydroxyl groups is 1. The number of carbonyl (C=O) groups excluding carboxylic acids is 2. The minimum absolute atomic E-state index is 0.0307. The van der Waals surface area contributed by atoms with Crippen molar-refractivity contribution in [2.75, 3.05) is 0 Å². The third-order valence-corrected chi connectivity index (χ3v) is 6.09. The summed E-state index contributed by atoms with van der Waals surface area (Å²) in [5, 5.41) is 16.1. The third-order valence-electron chi connectivity index (χ3n) is 6.09. The fourth-order valence-corrected chi connectivity index (χ4v) is 4.41. The van der Waals surface area contributed by atoms with E-state index in [1.165, 1.54) is 65.4 Å². The minimum Gasteiger partial charge on any atom is -0.494 e. The van der Waals surface area contributed by atoms with E-state index in [4.69, 9.17) is 0 Å². The second-order valence-corrected chi connectivity index (χ2v) is 8.25. The van der Waals surface area contributed by atoms with Gasteiger partial charge in [-0.1, -0.05) is 42.5 Å². The molecule has 5 rings (SSSR count). The molecule has 0 radical (unpaired) electrons. The predicted molar refractivity (Wildman–Crippen MR) is 119 cm³/mol. The first-order chi connectivity index (χ1) is 16.6. The van der Waals surface area contributed by atoms with Crippen molar-refractivity contribution in [3.63, 3.8) is 0 Å². The van der Waals surface area contributed by atoms with Crippen LogP contribution in [0.1, 0.15) is 11.1 Å². The molecule has 0 spiro atoms. The predicted octanol–water partition coefficient (Wildman–Crippen LogP) is 4.91. The molecule has 0 unspecified atom stereocenters. The summed E-state index contributed by atoms with van der Waals surface area (Å²) in [4.78, 5) is 25.0. The number of amides is 3. The number of carbonyl (C=O) groups is 2. The van der Waals surface area contributed by atoms with Crippen molar-refractivity contribution in [2.24, 2.45) is 0 Å². The molecule has 1 fully saturated rings. The maximum Gasteiger partial charge on any atom is 0.417 e. The number of fused-ring (bicyclic) bond motifs is 1. The number of benzene rings is 3. The van der Waals surface area contributed by atoms with Crippen LogP contribution in [0.5, 0.6) is 5.88 Å². The number of halogens is 4. The summed E-state index contributed by atoms with van der Waals surface area (Å²) in [6.07, 6.45) is -3.04. The van der Waals surface area contributed by atoms with Crippen LogP contribution < -0.4 is 10.6 Å². The van der Waals surface area contributed by atoms with Crippen LogP contribution in [0.2, 0.25) is 0 Å². The van der Waals surface area contributed by atoms with Gasteiger partial charge in [0.2, 0.25) is 0 Å². The van der Waals surface area contributed by atoms with Gasteiger partial charge < -0.3 is 15.0 Å². The van der Waals surface area contributed by atoms with Gasteiger partial charge in [0.15, 0.2) is 11.4 Å². The fourth-order valence-electron chi connectivity index (χ4n) is 4.41. The number of hydrogen-bond donors (Lipinski definition) is 3. The van der Waals surface area contributed by atoms with Crippen LogP contribution in [0.3, 0.4) is 0 Å². The highest BCUT2D eigenvalue weighted by Crippen LogP contribution is 2.38. The molecule has 4 aromatic rings. The molecule has 10 heteroatoms. The van der Waals surface area contributed by atoms with Crippen LogP contribution in [0.4, 0.5) is 22.4 Å². The Morgan fingerprint density at radius 2 is 1.69 bits per heavy atom. The van der Waals surface area contributed by atoms with E-state index < -0.39 is 35.0 Å². The standard InChI is InChI=1S/C25H17F4N3O3/c26-17-10-7-15-12-32(21(33)19(15)11-17)13-24(22(34)30-23(35)31-24)16-8-5-14(6-9-16)18-3-1-2-4-20(18)25(27,28)29/h1-12,33H,13H2,(H2,30,31,34,35)/t24-/m1/s1. The zero-order chi connectivity index (χ0) is 25.0. The Balaban J connectivity index is 1.57. The Morgan fingerprint density at radius 3 is 2.34 bits per heavy atom. The lowest BCUT2D eigenvalue weighted by atomic mass is 9.88. The molecule has 1 saturated heterocycles. The zero-order valence-electron chi connectivity index (χ0n) is 17.9. The summed E-state index contributed by atoms with van der Waals surface area (Å²) < 4.78 is 55.3. The zero-order valence-corrected chi connectivity index (χ0v) is 17.9. The Bertz CT molecular complexity index is 1480.